The Balaban J connectivity index is 1.48. The van der Waals surface area contributed by atoms with Crippen molar-refractivity contribution in [1.82, 2.24) is 0 Å². The summed E-state index contributed by atoms with van der Waals surface area (Å²) in [6.45, 7) is 13.9. The van der Waals surface area contributed by atoms with Crippen LogP contribution in [0.25, 0.3) is 18.2 Å². The monoisotopic (exact) mass is 605 g/mol. The number of hydrogen-bond donors (Lipinski definition) is 0. The van der Waals surface area contributed by atoms with Crippen LogP contribution in [-0.2, 0) is 19.7 Å². The number of nitrogens with zero attached hydrogens (tertiary/aromatic N) is 2. The number of allylic oxidation sites excluding steroid dienone is 1. The Kier molecular flexibility index (Phi) is 10.6. The molecule has 7 heteroatoms. The summed E-state index contributed by atoms with van der Waals surface area (Å²) in [4.78, 5) is 5.07. The predicted octanol–water partition coefficient (Wildman–Crippen LogP) is 8.77. The first-order chi connectivity index (χ1) is 20.1. The molecule has 1 aliphatic heterocycles. The summed E-state index contributed by atoms with van der Waals surface area (Å²) in [6.07, 6.45) is 13.6. The molecule has 0 N–H and O–H groups in total. The fraction of sp³-hybridized carbons (Fsp3) is 0.400. The molecule has 0 spiro atoms. The highest BCUT2D eigenvalue weighted by molar-refractivity contribution is 7.86. The van der Waals surface area contributed by atoms with E-state index in [1.165, 1.54) is 53.8 Å². The van der Waals surface area contributed by atoms with E-state index in [2.05, 4.69) is 105 Å². The van der Waals surface area contributed by atoms with Crippen LogP contribution in [0.15, 0.2) is 65.6 Å². The van der Waals surface area contributed by atoms with Crippen molar-refractivity contribution < 1.29 is 17.2 Å². The lowest BCUT2D eigenvalue weighted by Gasteiger charge is -2.24. The predicted molar refractivity (Wildman–Crippen MR) is 180 cm³/mol. The molecule has 2 heterocycles. The van der Waals surface area contributed by atoms with Crippen molar-refractivity contribution in [3.05, 3.63) is 81.6 Å². The Hall–Kier alpha value is -3.00. The molecule has 4 rings (SSSR count). The zero-order chi connectivity index (χ0) is 30.3. The molecule has 0 saturated carbocycles. The normalized spacial score (nSPS) is 14.8. The molecule has 0 atom stereocenters. The van der Waals surface area contributed by atoms with E-state index < -0.39 is 10.1 Å². The summed E-state index contributed by atoms with van der Waals surface area (Å²) in [6, 6.07) is 18.5. The second kappa shape index (κ2) is 14.0. The van der Waals surface area contributed by atoms with Crippen molar-refractivity contribution in [2.45, 2.75) is 70.6 Å². The largest absolute Gasteiger partial charge is 0.372 e. The van der Waals surface area contributed by atoms with Gasteiger partial charge >= 0.3 is 0 Å². The summed E-state index contributed by atoms with van der Waals surface area (Å²) >= 11 is 1.75. The van der Waals surface area contributed by atoms with Gasteiger partial charge in [-0.2, -0.15) is 13.0 Å². The van der Waals surface area contributed by atoms with Gasteiger partial charge in [0, 0.05) is 46.2 Å². The molecule has 0 radical (unpaired) electrons. The molecule has 0 bridgehead atoms. The molecule has 0 aliphatic carbocycles. The summed E-state index contributed by atoms with van der Waals surface area (Å²) in [7, 11) is -2.56. The molecule has 224 valence electrons. The maximum absolute atomic E-state index is 12.3. The highest BCUT2D eigenvalue weighted by Crippen LogP contribution is 2.41. The Morgan fingerprint density at radius 2 is 1.48 bits per heavy atom. The van der Waals surface area contributed by atoms with Crippen LogP contribution >= 0.6 is 11.3 Å². The second-order valence-electron chi connectivity index (χ2n) is 11.2. The number of hydrogen-bond acceptors (Lipinski definition) is 5. The van der Waals surface area contributed by atoms with Crippen LogP contribution in [0.5, 0.6) is 0 Å². The summed E-state index contributed by atoms with van der Waals surface area (Å²) in [5.74, 6) is 0. The highest BCUT2D eigenvalue weighted by Gasteiger charge is 2.44. The van der Waals surface area contributed by atoms with Crippen molar-refractivity contribution >= 4 is 56.8 Å². The van der Waals surface area contributed by atoms with Crippen molar-refractivity contribution in [2.24, 2.45) is 0 Å². The van der Waals surface area contributed by atoms with Gasteiger partial charge in [0.2, 0.25) is 5.69 Å². The maximum atomic E-state index is 12.3. The molecule has 1 aromatic heterocycles. The van der Waals surface area contributed by atoms with Crippen LogP contribution in [0, 0.1) is 0 Å². The third-order valence-corrected chi connectivity index (χ3v) is 10.3. The number of unbranched alkanes of at least 4 members (excludes halogenated alkanes) is 2. The van der Waals surface area contributed by atoms with Crippen molar-refractivity contribution in [3.8, 4) is 0 Å². The SMILES string of the molecule is CCCCN(CCCC)c1ccc(/C=C/c2ccc(/C=C/C3=[N+](CC)c4ccc(S(=O)(=O)OC)cc4C3(C)C)s2)cc1. The van der Waals surface area contributed by atoms with E-state index in [0.29, 0.717) is 0 Å². The zero-order valence-electron chi connectivity index (χ0n) is 25.9. The lowest BCUT2D eigenvalue weighted by atomic mass is 9.81. The molecule has 0 fully saturated rings. The first kappa shape index (κ1) is 31.9. The Bertz CT molecular complexity index is 1550. The van der Waals surface area contributed by atoms with E-state index in [1.54, 1.807) is 23.5 Å². The summed E-state index contributed by atoms with van der Waals surface area (Å²) in [5, 5.41) is 0. The van der Waals surface area contributed by atoms with Gasteiger partial charge in [0.25, 0.3) is 10.1 Å². The van der Waals surface area contributed by atoms with Crippen LogP contribution in [-0.4, -0.2) is 45.4 Å². The van der Waals surface area contributed by atoms with Crippen LogP contribution in [0.1, 0.15) is 81.2 Å². The van der Waals surface area contributed by atoms with Gasteiger partial charge in [-0.3, -0.25) is 4.18 Å². The number of thiophene rings is 1. The Morgan fingerprint density at radius 3 is 2.05 bits per heavy atom. The van der Waals surface area contributed by atoms with Gasteiger partial charge < -0.3 is 4.90 Å². The topological polar surface area (TPSA) is 49.6 Å². The van der Waals surface area contributed by atoms with Gasteiger partial charge in [0.05, 0.1) is 17.4 Å². The summed E-state index contributed by atoms with van der Waals surface area (Å²) in [5.41, 5.74) is 5.33. The Labute approximate surface area is 257 Å². The van der Waals surface area contributed by atoms with E-state index >= 15 is 0 Å². The second-order valence-corrected chi connectivity index (χ2v) is 14.1. The van der Waals surface area contributed by atoms with Gasteiger partial charge in [0.1, 0.15) is 6.54 Å². The molecule has 0 amide bonds. The minimum Gasteiger partial charge on any atom is -0.372 e. The van der Waals surface area contributed by atoms with Crippen LogP contribution < -0.4 is 4.90 Å². The fourth-order valence-corrected chi connectivity index (χ4v) is 7.00. The minimum absolute atomic E-state index is 0.188. The molecular formula is C35H45N2O3S2+. The van der Waals surface area contributed by atoms with Gasteiger partial charge in [-0.1, -0.05) is 44.9 Å². The lowest BCUT2D eigenvalue weighted by Crippen LogP contribution is -2.27. The van der Waals surface area contributed by atoms with Crippen molar-refractivity contribution in [2.75, 3.05) is 31.6 Å². The average molecular weight is 606 g/mol. The number of fused-ring (bicyclic) bond motifs is 1. The number of anilines is 1. The molecular weight excluding hydrogens is 561 g/mol. The average Bonchev–Trinajstić information content (AvgIpc) is 3.54. The third kappa shape index (κ3) is 7.13. The quantitative estimate of drug-likeness (QED) is 0.136. The zero-order valence-corrected chi connectivity index (χ0v) is 27.5. The van der Waals surface area contributed by atoms with Crippen LogP contribution in [0.3, 0.4) is 0 Å². The summed E-state index contributed by atoms with van der Waals surface area (Å²) < 4.78 is 31.7. The van der Waals surface area contributed by atoms with Crippen LogP contribution in [0.4, 0.5) is 11.4 Å². The van der Waals surface area contributed by atoms with Gasteiger partial charge in [-0.15, -0.1) is 11.3 Å². The lowest BCUT2D eigenvalue weighted by molar-refractivity contribution is -0.433. The molecule has 5 nitrogen and oxygen atoms in total. The molecule has 3 aromatic rings. The fourth-order valence-electron chi connectivity index (χ4n) is 5.50. The highest BCUT2D eigenvalue weighted by atomic mass is 32.2. The van der Waals surface area contributed by atoms with Crippen LogP contribution in [0.2, 0.25) is 0 Å². The van der Waals surface area contributed by atoms with Crippen molar-refractivity contribution in [3.63, 3.8) is 0 Å². The Morgan fingerprint density at radius 1 is 0.857 bits per heavy atom. The first-order valence-electron chi connectivity index (χ1n) is 15.1. The molecule has 0 unspecified atom stereocenters. The molecule has 1 aliphatic rings. The molecule has 42 heavy (non-hydrogen) atoms. The van der Waals surface area contributed by atoms with E-state index in [4.69, 9.17) is 4.18 Å². The van der Waals surface area contributed by atoms with E-state index in [-0.39, 0.29) is 10.3 Å². The third-order valence-electron chi connectivity index (χ3n) is 8.00. The minimum atomic E-state index is -3.76. The molecule has 2 aromatic carbocycles. The first-order valence-corrected chi connectivity index (χ1v) is 17.3. The smallest absolute Gasteiger partial charge is 0.296 e. The van der Waals surface area contributed by atoms with Crippen molar-refractivity contribution in [1.29, 1.82) is 0 Å². The van der Waals surface area contributed by atoms with Gasteiger partial charge in [-0.05, 0) is 87.7 Å². The van der Waals surface area contributed by atoms with E-state index in [1.807, 2.05) is 6.07 Å². The van der Waals surface area contributed by atoms with E-state index in [9.17, 15) is 8.42 Å². The molecule has 0 saturated heterocycles. The van der Waals surface area contributed by atoms with Gasteiger partial charge in [0.15, 0.2) is 5.71 Å². The maximum Gasteiger partial charge on any atom is 0.296 e. The number of benzene rings is 2. The number of rotatable bonds is 14. The van der Waals surface area contributed by atoms with Gasteiger partial charge in [-0.25, -0.2) is 0 Å². The standard InChI is InChI=1S/C35H45N2O3S2/c1-7-10-24-36(25-11-8-2)28-15-12-27(13-16-28)14-17-29-18-19-30(41-29)20-23-34-35(4,5)32-26-31(42(38,39)40-6)21-22-33(32)37(34)9-3/h12-23,26H,7-11,24-25H2,1-6H3/q+1. The van der Waals surface area contributed by atoms with E-state index in [0.717, 1.165) is 36.6 Å².